The van der Waals surface area contributed by atoms with Gasteiger partial charge in [0, 0.05) is 18.5 Å². The molecule has 1 aromatic carbocycles. The number of aryl methyl sites for hydroxylation is 2. The van der Waals surface area contributed by atoms with E-state index in [1.165, 1.54) is 0 Å². The van der Waals surface area contributed by atoms with Crippen molar-refractivity contribution in [1.82, 2.24) is 4.90 Å². The number of hydrogen-bond acceptors (Lipinski definition) is 2. The summed E-state index contributed by atoms with van der Waals surface area (Å²) in [7, 11) is 0. The Bertz CT molecular complexity index is 508. The van der Waals surface area contributed by atoms with E-state index >= 15 is 0 Å². The van der Waals surface area contributed by atoms with Crippen molar-refractivity contribution in [2.75, 3.05) is 13.1 Å². The molecule has 1 aliphatic heterocycles. The van der Waals surface area contributed by atoms with E-state index in [1.807, 2.05) is 32.0 Å². The second-order valence-electron chi connectivity index (χ2n) is 5.72. The predicted molar refractivity (Wildman–Crippen MR) is 79.9 cm³/mol. The van der Waals surface area contributed by atoms with Crippen molar-refractivity contribution >= 4 is 11.7 Å². The summed E-state index contributed by atoms with van der Waals surface area (Å²) < 4.78 is 0. The van der Waals surface area contributed by atoms with Crippen LogP contribution in [-0.4, -0.2) is 29.7 Å². The van der Waals surface area contributed by atoms with Crippen molar-refractivity contribution in [3.63, 3.8) is 0 Å². The Hall–Kier alpha value is -1.64. The number of amides is 1. The van der Waals surface area contributed by atoms with Gasteiger partial charge in [0.25, 0.3) is 0 Å². The van der Waals surface area contributed by atoms with E-state index < -0.39 is 0 Å². The molecule has 0 aromatic heterocycles. The third-order valence-corrected chi connectivity index (χ3v) is 3.94. The maximum Gasteiger partial charge on any atom is 0.222 e. The van der Waals surface area contributed by atoms with Crippen LogP contribution in [0.15, 0.2) is 18.2 Å². The molecular weight excluding hydrogens is 250 g/mol. The summed E-state index contributed by atoms with van der Waals surface area (Å²) in [5.41, 5.74) is 2.89. The molecule has 0 unspecified atom stereocenters. The Morgan fingerprint density at radius 1 is 1.15 bits per heavy atom. The van der Waals surface area contributed by atoms with Crippen LogP contribution in [0.2, 0.25) is 0 Å². The summed E-state index contributed by atoms with van der Waals surface area (Å²) in [6.07, 6.45) is 4.82. The van der Waals surface area contributed by atoms with Crippen LogP contribution in [-0.2, 0) is 4.79 Å². The van der Waals surface area contributed by atoms with E-state index in [0.717, 1.165) is 48.9 Å². The quantitative estimate of drug-likeness (QED) is 0.793. The van der Waals surface area contributed by atoms with Gasteiger partial charge in [0.1, 0.15) is 0 Å². The first kappa shape index (κ1) is 14.8. The second-order valence-corrected chi connectivity index (χ2v) is 5.72. The summed E-state index contributed by atoms with van der Waals surface area (Å²) in [5, 5.41) is 0. The molecule has 2 rings (SSSR count). The molecule has 0 aliphatic carbocycles. The highest BCUT2D eigenvalue weighted by molar-refractivity contribution is 6.00. The second kappa shape index (κ2) is 6.69. The molecule has 1 saturated heterocycles. The molecule has 0 atom stereocenters. The highest BCUT2D eigenvalue weighted by atomic mass is 16.2. The van der Waals surface area contributed by atoms with Crippen LogP contribution in [0.1, 0.15) is 53.6 Å². The molecule has 1 amide bonds. The molecule has 1 aromatic rings. The van der Waals surface area contributed by atoms with Crippen LogP contribution < -0.4 is 0 Å². The van der Waals surface area contributed by atoms with Crippen molar-refractivity contribution < 1.29 is 9.59 Å². The highest BCUT2D eigenvalue weighted by Gasteiger charge is 2.19. The molecule has 0 saturated carbocycles. The number of hydrogen-bond donors (Lipinski definition) is 0. The summed E-state index contributed by atoms with van der Waals surface area (Å²) in [6.45, 7) is 4.91. The number of likely N-dealkylation sites (tertiary alicyclic amines) is 1. The lowest BCUT2D eigenvalue weighted by molar-refractivity contribution is -0.131. The number of benzene rings is 1. The molecule has 1 heterocycles. The molecule has 0 N–H and O–H groups in total. The number of carbonyl (C=O) groups is 2. The zero-order valence-electron chi connectivity index (χ0n) is 12.4. The van der Waals surface area contributed by atoms with Crippen molar-refractivity contribution in [3.8, 4) is 0 Å². The van der Waals surface area contributed by atoms with Crippen molar-refractivity contribution in [2.45, 2.75) is 46.0 Å². The van der Waals surface area contributed by atoms with Gasteiger partial charge in [-0.2, -0.15) is 0 Å². The molecule has 0 bridgehead atoms. The van der Waals surface area contributed by atoms with Crippen LogP contribution >= 0.6 is 0 Å². The Labute approximate surface area is 121 Å². The average Bonchev–Trinajstić information content (AvgIpc) is 2.38. The van der Waals surface area contributed by atoms with Gasteiger partial charge in [0.2, 0.25) is 5.91 Å². The van der Waals surface area contributed by atoms with Gasteiger partial charge in [-0.3, -0.25) is 9.59 Å². The van der Waals surface area contributed by atoms with Crippen molar-refractivity contribution in [1.29, 1.82) is 0 Å². The highest BCUT2D eigenvalue weighted by Crippen LogP contribution is 2.15. The fourth-order valence-corrected chi connectivity index (χ4v) is 2.77. The first-order valence-electron chi connectivity index (χ1n) is 7.46. The van der Waals surface area contributed by atoms with Crippen LogP contribution in [0.25, 0.3) is 0 Å². The average molecular weight is 273 g/mol. The smallest absolute Gasteiger partial charge is 0.222 e. The van der Waals surface area contributed by atoms with Gasteiger partial charge in [-0.1, -0.05) is 36.6 Å². The van der Waals surface area contributed by atoms with Crippen LogP contribution in [0, 0.1) is 13.8 Å². The Morgan fingerprint density at radius 2 is 1.90 bits per heavy atom. The van der Waals surface area contributed by atoms with Crippen molar-refractivity contribution in [3.05, 3.63) is 34.9 Å². The monoisotopic (exact) mass is 273 g/mol. The largest absolute Gasteiger partial charge is 0.335 e. The summed E-state index contributed by atoms with van der Waals surface area (Å²) in [4.78, 5) is 26.2. The molecule has 3 nitrogen and oxygen atoms in total. The normalized spacial score (nSPS) is 16.7. The molecular formula is C17H23NO2. The maximum atomic E-state index is 12.4. The minimum atomic E-state index is 0.0522. The summed E-state index contributed by atoms with van der Waals surface area (Å²) in [6, 6.07) is 5.85. The molecule has 108 valence electrons. The first-order chi connectivity index (χ1) is 9.58. The summed E-state index contributed by atoms with van der Waals surface area (Å²) in [5.74, 6) is 0.180. The first-order valence-corrected chi connectivity index (χ1v) is 7.46. The van der Waals surface area contributed by atoms with Gasteiger partial charge in [-0.25, -0.2) is 0 Å². The Kier molecular flexibility index (Phi) is 4.94. The Balaban J connectivity index is 2.07. The molecule has 1 fully saturated rings. The topological polar surface area (TPSA) is 37.4 Å². The third-order valence-electron chi connectivity index (χ3n) is 3.94. The third kappa shape index (κ3) is 3.69. The lowest BCUT2D eigenvalue weighted by atomic mass is 10.0. The van der Waals surface area contributed by atoms with E-state index in [-0.39, 0.29) is 18.2 Å². The number of carbonyl (C=O) groups excluding carboxylic acids is 2. The van der Waals surface area contributed by atoms with E-state index in [0.29, 0.717) is 6.42 Å². The van der Waals surface area contributed by atoms with E-state index in [2.05, 4.69) is 0 Å². The standard InChI is InChI=1S/C17H23NO2/c1-13-8-9-15(14(2)11-13)16(19)12-18-10-6-4-3-5-7-17(18)20/h8-9,11H,3-7,10,12H2,1-2H3. The minimum absolute atomic E-state index is 0.0522. The zero-order valence-corrected chi connectivity index (χ0v) is 12.4. The SMILES string of the molecule is Cc1ccc(C(=O)CN2CCCCCCC2=O)c(C)c1. The lowest BCUT2D eigenvalue weighted by Crippen LogP contribution is -2.37. The van der Waals surface area contributed by atoms with Gasteiger partial charge in [0.15, 0.2) is 5.78 Å². The maximum absolute atomic E-state index is 12.4. The number of ketones is 1. The van der Waals surface area contributed by atoms with Gasteiger partial charge in [0.05, 0.1) is 6.54 Å². The predicted octanol–water partition coefficient (Wildman–Crippen LogP) is 3.28. The van der Waals surface area contributed by atoms with Crippen molar-refractivity contribution in [2.24, 2.45) is 0 Å². The van der Waals surface area contributed by atoms with Gasteiger partial charge < -0.3 is 4.90 Å². The molecule has 0 spiro atoms. The zero-order chi connectivity index (χ0) is 14.5. The van der Waals surface area contributed by atoms with E-state index in [1.54, 1.807) is 4.90 Å². The molecule has 3 heteroatoms. The molecule has 1 aliphatic rings. The molecule has 0 radical (unpaired) electrons. The van der Waals surface area contributed by atoms with Crippen LogP contribution in [0.4, 0.5) is 0 Å². The molecule has 20 heavy (non-hydrogen) atoms. The lowest BCUT2D eigenvalue weighted by Gasteiger charge is -2.24. The fourth-order valence-electron chi connectivity index (χ4n) is 2.77. The van der Waals surface area contributed by atoms with Gasteiger partial charge in [-0.15, -0.1) is 0 Å². The van der Waals surface area contributed by atoms with Gasteiger partial charge >= 0.3 is 0 Å². The number of rotatable bonds is 3. The summed E-state index contributed by atoms with van der Waals surface area (Å²) >= 11 is 0. The van der Waals surface area contributed by atoms with E-state index in [9.17, 15) is 9.59 Å². The number of nitrogens with zero attached hydrogens (tertiary/aromatic N) is 1. The van der Waals surface area contributed by atoms with Gasteiger partial charge in [-0.05, 0) is 32.3 Å². The minimum Gasteiger partial charge on any atom is -0.335 e. The van der Waals surface area contributed by atoms with E-state index in [4.69, 9.17) is 0 Å². The number of Topliss-reactive ketones (excluding diaryl/α,β-unsaturated/α-hetero) is 1. The Morgan fingerprint density at radius 3 is 2.65 bits per heavy atom. The fraction of sp³-hybridized carbons (Fsp3) is 0.529. The van der Waals surface area contributed by atoms with Crippen LogP contribution in [0.5, 0.6) is 0 Å². The van der Waals surface area contributed by atoms with Crippen LogP contribution in [0.3, 0.4) is 0 Å².